The van der Waals surface area contributed by atoms with Gasteiger partial charge in [-0.25, -0.2) is 9.98 Å². The average molecular weight is 517 g/mol. The third kappa shape index (κ3) is 4.50. The lowest BCUT2D eigenvalue weighted by molar-refractivity contribution is -0.130. The van der Waals surface area contributed by atoms with Crippen LogP contribution in [-0.2, 0) is 4.79 Å². The van der Waals surface area contributed by atoms with Crippen molar-refractivity contribution in [1.82, 2.24) is 19.8 Å². The first kappa shape index (κ1) is 25.4. The van der Waals surface area contributed by atoms with Gasteiger partial charge in [-0.2, -0.15) is 0 Å². The molecule has 0 spiro atoms. The van der Waals surface area contributed by atoms with E-state index in [-0.39, 0.29) is 29.1 Å². The van der Waals surface area contributed by atoms with E-state index in [9.17, 15) is 9.90 Å². The molecular weight excluding hydrogens is 487 g/mol. The number of piperazine rings is 1. The van der Waals surface area contributed by atoms with E-state index in [1.54, 1.807) is 22.1 Å². The molecule has 2 aromatic rings. The predicted octanol–water partition coefficient (Wildman–Crippen LogP) is 4.50. The molecule has 2 aliphatic rings. The lowest BCUT2D eigenvalue weighted by atomic mass is 10.0. The molecule has 35 heavy (non-hydrogen) atoms. The van der Waals surface area contributed by atoms with Gasteiger partial charge in [-0.1, -0.05) is 43.6 Å². The number of amidine groups is 1. The molecule has 1 fully saturated rings. The number of anilines is 2. The smallest absolute Gasteiger partial charge is 0.246 e. The molecule has 0 radical (unpaired) electrons. The number of hydrogen-bond donors (Lipinski definition) is 1. The van der Waals surface area contributed by atoms with Gasteiger partial charge >= 0.3 is 0 Å². The van der Waals surface area contributed by atoms with Crippen molar-refractivity contribution in [3.05, 3.63) is 58.0 Å². The molecular formula is C25H30Cl2N6O2. The van der Waals surface area contributed by atoms with Crippen LogP contribution in [0, 0.1) is 6.92 Å². The first-order valence-electron chi connectivity index (χ1n) is 11.6. The topological polar surface area (TPSA) is 85.2 Å². The molecule has 186 valence electrons. The van der Waals surface area contributed by atoms with E-state index in [4.69, 9.17) is 28.2 Å². The molecule has 2 aliphatic heterocycles. The van der Waals surface area contributed by atoms with E-state index in [0.717, 1.165) is 16.9 Å². The monoisotopic (exact) mass is 516 g/mol. The number of aliphatic hydroxyl groups is 1. The molecule has 1 amide bonds. The fourth-order valence-corrected chi connectivity index (χ4v) is 5.04. The van der Waals surface area contributed by atoms with Crippen LogP contribution in [0.1, 0.15) is 50.4 Å². The lowest BCUT2D eigenvalue weighted by Gasteiger charge is -2.47. The molecule has 4 heterocycles. The minimum absolute atomic E-state index is 0.0683. The van der Waals surface area contributed by atoms with Gasteiger partial charge in [0.25, 0.3) is 0 Å². The molecule has 1 N–H and O–H groups in total. The fourth-order valence-electron chi connectivity index (χ4n) is 4.76. The van der Waals surface area contributed by atoms with Crippen LogP contribution in [0.2, 0.25) is 10.2 Å². The summed E-state index contributed by atoms with van der Waals surface area (Å²) in [6.07, 6.45) is 1.84. The van der Waals surface area contributed by atoms with E-state index >= 15 is 0 Å². The van der Waals surface area contributed by atoms with Gasteiger partial charge in [0.1, 0.15) is 16.8 Å². The molecule has 8 nitrogen and oxygen atoms in total. The van der Waals surface area contributed by atoms with Gasteiger partial charge in [0, 0.05) is 31.4 Å². The Kier molecular flexibility index (Phi) is 7.09. The van der Waals surface area contributed by atoms with Gasteiger partial charge in [-0.15, -0.1) is 0 Å². The number of aryl methyl sites for hydroxylation is 1. The zero-order valence-corrected chi connectivity index (χ0v) is 22.0. The highest BCUT2D eigenvalue weighted by Crippen LogP contribution is 2.41. The minimum Gasteiger partial charge on any atom is -0.355 e. The number of aliphatic hydroxyl groups excluding tert-OH is 1. The van der Waals surface area contributed by atoms with Crippen molar-refractivity contribution >= 4 is 46.4 Å². The van der Waals surface area contributed by atoms with E-state index in [2.05, 4.69) is 21.4 Å². The van der Waals surface area contributed by atoms with Crippen LogP contribution in [-0.4, -0.2) is 68.1 Å². The fraction of sp³-hybridized carbons (Fsp3) is 0.440. The number of fused-ring (bicyclic) bond motifs is 1. The summed E-state index contributed by atoms with van der Waals surface area (Å²) in [5, 5.41) is 11.8. The summed E-state index contributed by atoms with van der Waals surface area (Å²) in [6, 6.07) is 3.48. The second kappa shape index (κ2) is 9.76. The Morgan fingerprint density at radius 3 is 2.63 bits per heavy atom. The van der Waals surface area contributed by atoms with Gasteiger partial charge in [0.2, 0.25) is 12.3 Å². The minimum atomic E-state index is -1.25. The summed E-state index contributed by atoms with van der Waals surface area (Å²) < 4.78 is 0. The molecule has 0 aromatic carbocycles. The molecule has 2 aromatic heterocycles. The number of nitrogens with zero attached hydrogens (tertiary/aromatic N) is 6. The van der Waals surface area contributed by atoms with Crippen molar-refractivity contribution in [2.24, 2.45) is 4.99 Å². The molecule has 1 unspecified atom stereocenters. The van der Waals surface area contributed by atoms with E-state index in [0.29, 0.717) is 35.3 Å². The molecule has 0 saturated carbocycles. The number of amides is 1. The Hall–Kier alpha value is -2.68. The maximum atomic E-state index is 12.3. The zero-order chi connectivity index (χ0) is 25.6. The van der Waals surface area contributed by atoms with Crippen molar-refractivity contribution in [2.45, 2.75) is 59.0 Å². The van der Waals surface area contributed by atoms with Crippen LogP contribution in [0.5, 0.6) is 0 Å². The Morgan fingerprint density at radius 1 is 1.26 bits per heavy atom. The number of pyridine rings is 2. The standard InChI is InChI=1S/C25H30Cl2N6O2/c1-7-19(34)31-11-16(6)32(12-15(31)5)23-17-10-18(26)22(27)29-24(17)33(25(35)30-23)21-14(4)8-9-28-20(21)13(2)3/h7-10,13,15-16,25,35H,1,11-12H2,2-6H3/t15-,16+,25?/m1/s1. The highest BCUT2D eigenvalue weighted by atomic mass is 35.5. The number of rotatable bonds is 3. The van der Waals surface area contributed by atoms with Gasteiger partial charge < -0.3 is 14.9 Å². The summed E-state index contributed by atoms with van der Waals surface area (Å²) in [5.74, 6) is 1.02. The van der Waals surface area contributed by atoms with Gasteiger partial charge in [-0.3, -0.25) is 14.7 Å². The molecule has 0 aliphatic carbocycles. The Bertz CT molecular complexity index is 1200. The molecule has 0 bridgehead atoms. The van der Waals surface area contributed by atoms with Gasteiger partial charge in [-0.05, 0) is 50.5 Å². The summed E-state index contributed by atoms with van der Waals surface area (Å²) in [4.78, 5) is 31.8. The van der Waals surface area contributed by atoms with Crippen molar-refractivity contribution in [3.63, 3.8) is 0 Å². The zero-order valence-electron chi connectivity index (χ0n) is 20.5. The van der Waals surface area contributed by atoms with Crippen LogP contribution in [0.15, 0.2) is 36.0 Å². The SMILES string of the molecule is C=CC(=O)N1C[C@H](C)N(C2=NC(O)N(c3c(C)ccnc3C(C)C)c3nc(Cl)c(Cl)cc32)C[C@H]1C. The predicted molar refractivity (Wildman–Crippen MR) is 140 cm³/mol. The summed E-state index contributed by atoms with van der Waals surface area (Å²) in [6.45, 7) is 14.7. The Morgan fingerprint density at radius 2 is 1.97 bits per heavy atom. The second-order valence-electron chi connectivity index (χ2n) is 9.36. The molecule has 4 rings (SSSR count). The summed E-state index contributed by atoms with van der Waals surface area (Å²) >= 11 is 12.8. The largest absolute Gasteiger partial charge is 0.355 e. The molecule has 1 saturated heterocycles. The third-order valence-corrected chi connectivity index (χ3v) is 7.18. The molecule has 3 atom stereocenters. The quantitative estimate of drug-likeness (QED) is 0.477. The lowest BCUT2D eigenvalue weighted by Crippen LogP contribution is -2.60. The number of carbonyl (C=O) groups is 1. The van der Waals surface area contributed by atoms with Crippen molar-refractivity contribution in [2.75, 3.05) is 18.0 Å². The molecule has 10 heteroatoms. The normalized spacial score (nSPS) is 22.3. The average Bonchev–Trinajstić information content (AvgIpc) is 2.81. The number of aliphatic imine (C=N–C) groups is 1. The summed E-state index contributed by atoms with van der Waals surface area (Å²) in [5.41, 5.74) is 3.15. The summed E-state index contributed by atoms with van der Waals surface area (Å²) in [7, 11) is 0. The van der Waals surface area contributed by atoms with E-state index in [1.807, 2.05) is 40.7 Å². The van der Waals surface area contributed by atoms with Crippen molar-refractivity contribution in [3.8, 4) is 0 Å². The highest BCUT2D eigenvalue weighted by molar-refractivity contribution is 6.41. The van der Waals surface area contributed by atoms with Crippen molar-refractivity contribution in [1.29, 1.82) is 0 Å². The van der Waals surface area contributed by atoms with Crippen LogP contribution in [0.25, 0.3) is 0 Å². The van der Waals surface area contributed by atoms with Crippen molar-refractivity contribution < 1.29 is 9.90 Å². The van der Waals surface area contributed by atoms with E-state index in [1.165, 1.54) is 6.08 Å². The van der Waals surface area contributed by atoms with Gasteiger partial charge in [0.05, 0.1) is 22.0 Å². The highest BCUT2D eigenvalue weighted by Gasteiger charge is 2.39. The van der Waals surface area contributed by atoms with Crippen LogP contribution < -0.4 is 4.90 Å². The van der Waals surface area contributed by atoms with Crippen LogP contribution >= 0.6 is 23.2 Å². The number of halogens is 2. The van der Waals surface area contributed by atoms with E-state index < -0.39 is 6.35 Å². The first-order chi connectivity index (χ1) is 16.5. The Labute approximate surface area is 215 Å². The third-order valence-electron chi connectivity index (χ3n) is 6.51. The second-order valence-corrected chi connectivity index (χ2v) is 10.1. The number of carbonyl (C=O) groups excluding carboxylic acids is 1. The Balaban J connectivity index is 1.85. The van der Waals surface area contributed by atoms with Gasteiger partial charge in [0.15, 0.2) is 0 Å². The maximum absolute atomic E-state index is 12.3. The number of aromatic nitrogens is 2. The number of hydrogen-bond acceptors (Lipinski definition) is 7. The van der Waals surface area contributed by atoms with Crippen LogP contribution in [0.3, 0.4) is 0 Å². The maximum Gasteiger partial charge on any atom is 0.246 e. The van der Waals surface area contributed by atoms with Crippen LogP contribution in [0.4, 0.5) is 11.5 Å². The first-order valence-corrected chi connectivity index (χ1v) is 12.4.